The highest BCUT2D eigenvalue weighted by Crippen LogP contribution is 2.38. The number of halogens is 3. The maximum atomic E-state index is 13.4. The lowest BCUT2D eigenvalue weighted by atomic mass is 10.0. The van der Waals surface area contributed by atoms with E-state index in [-0.39, 0.29) is 11.4 Å². The Morgan fingerprint density at radius 3 is 2.38 bits per heavy atom. The summed E-state index contributed by atoms with van der Waals surface area (Å²) >= 11 is 0. The molecular formula is C21H19F3N2O2S. The molecule has 1 aliphatic heterocycles. The van der Waals surface area contributed by atoms with E-state index in [1.807, 2.05) is 54.1 Å². The monoisotopic (exact) mass is 420 g/mol. The van der Waals surface area contributed by atoms with Crippen molar-refractivity contribution in [1.29, 1.82) is 0 Å². The number of fused-ring (bicyclic) bond motifs is 1. The van der Waals surface area contributed by atoms with Gasteiger partial charge < -0.3 is 4.57 Å². The summed E-state index contributed by atoms with van der Waals surface area (Å²) in [6, 6.07) is 14.5. The van der Waals surface area contributed by atoms with Gasteiger partial charge in [-0.05, 0) is 42.8 Å². The van der Waals surface area contributed by atoms with Crippen LogP contribution in [0.25, 0.3) is 0 Å². The first kappa shape index (κ1) is 19.7. The van der Waals surface area contributed by atoms with Crippen LogP contribution in [0.15, 0.2) is 71.8 Å². The highest BCUT2D eigenvalue weighted by Gasteiger charge is 2.39. The third-order valence-corrected chi connectivity index (χ3v) is 7.02. The Morgan fingerprint density at radius 1 is 0.966 bits per heavy atom. The average molecular weight is 420 g/mol. The smallest absolute Gasteiger partial charge is 0.348 e. The maximum absolute atomic E-state index is 13.4. The van der Waals surface area contributed by atoms with Gasteiger partial charge in [0.25, 0.3) is 0 Å². The van der Waals surface area contributed by atoms with Crippen molar-refractivity contribution >= 4 is 10.0 Å². The summed E-state index contributed by atoms with van der Waals surface area (Å²) in [5, 5.41) is 0. The lowest BCUT2D eigenvalue weighted by molar-refractivity contribution is -0.137. The maximum Gasteiger partial charge on any atom is 0.416 e. The SMILES string of the molecule is Cc1ccc([C@H]2c3cccn3CCN2S(=O)(=O)c2cccc(C(F)(F)F)c2)cc1. The number of aryl methyl sites for hydroxylation is 1. The topological polar surface area (TPSA) is 42.3 Å². The molecule has 4 nitrogen and oxygen atoms in total. The zero-order chi connectivity index (χ0) is 20.8. The number of nitrogens with zero attached hydrogens (tertiary/aromatic N) is 2. The van der Waals surface area contributed by atoms with Crippen LogP contribution in [0, 0.1) is 6.92 Å². The summed E-state index contributed by atoms with van der Waals surface area (Å²) in [6.45, 7) is 2.53. The van der Waals surface area contributed by atoms with Gasteiger partial charge in [-0.3, -0.25) is 0 Å². The third kappa shape index (κ3) is 3.58. The molecule has 152 valence electrons. The molecule has 0 N–H and O–H groups in total. The average Bonchev–Trinajstić information content (AvgIpc) is 3.16. The molecule has 1 aliphatic rings. The van der Waals surface area contributed by atoms with Gasteiger partial charge in [0.2, 0.25) is 10.0 Å². The Morgan fingerprint density at radius 2 is 1.69 bits per heavy atom. The number of sulfonamides is 1. The summed E-state index contributed by atoms with van der Waals surface area (Å²) in [7, 11) is -4.15. The molecule has 0 amide bonds. The number of rotatable bonds is 3. The van der Waals surface area contributed by atoms with E-state index in [1.165, 1.54) is 10.4 Å². The molecule has 2 heterocycles. The molecule has 0 saturated carbocycles. The minimum Gasteiger partial charge on any atom is -0.348 e. The zero-order valence-corrected chi connectivity index (χ0v) is 16.4. The highest BCUT2D eigenvalue weighted by molar-refractivity contribution is 7.89. The molecule has 0 unspecified atom stereocenters. The minimum atomic E-state index is -4.61. The Labute approximate surface area is 167 Å². The predicted molar refractivity (Wildman–Crippen MR) is 103 cm³/mol. The molecule has 4 rings (SSSR count). The van der Waals surface area contributed by atoms with Crippen LogP contribution in [0.5, 0.6) is 0 Å². The second-order valence-corrected chi connectivity index (χ2v) is 8.97. The number of hydrogen-bond donors (Lipinski definition) is 0. The van der Waals surface area contributed by atoms with Gasteiger partial charge in [-0.25, -0.2) is 8.42 Å². The molecule has 2 aromatic carbocycles. The van der Waals surface area contributed by atoms with E-state index in [4.69, 9.17) is 0 Å². The number of hydrogen-bond acceptors (Lipinski definition) is 2. The standard InChI is InChI=1S/C21H19F3N2O2S/c1-15-7-9-16(10-8-15)20-19-6-3-11-25(19)12-13-26(20)29(27,28)18-5-2-4-17(14-18)21(22,23)24/h2-11,14,20H,12-13H2,1H3/t20-/m0/s1. The third-order valence-electron chi connectivity index (χ3n) is 5.16. The van der Waals surface area contributed by atoms with Crippen LogP contribution in [0.1, 0.15) is 28.4 Å². The molecule has 0 saturated heterocycles. The van der Waals surface area contributed by atoms with Crippen molar-refractivity contribution in [2.75, 3.05) is 6.54 Å². The molecule has 0 bridgehead atoms. The summed E-state index contributed by atoms with van der Waals surface area (Å²) in [5.41, 5.74) is 1.61. The van der Waals surface area contributed by atoms with Gasteiger partial charge in [0, 0.05) is 25.0 Å². The Hall–Kier alpha value is -2.58. The van der Waals surface area contributed by atoms with Crippen molar-refractivity contribution in [1.82, 2.24) is 8.87 Å². The van der Waals surface area contributed by atoms with Crippen LogP contribution in [0.3, 0.4) is 0 Å². The molecule has 1 atom stereocenters. The van der Waals surface area contributed by atoms with Crippen molar-refractivity contribution in [3.05, 3.63) is 89.2 Å². The van der Waals surface area contributed by atoms with E-state index in [0.717, 1.165) is 29.0 Å². The Kier molecular flexibility index (Phi) is 4.78. The Balaban J connectivity index is 1.83. The first-order chi connectivity index (χ1) is 13.7. The highest BCUT2D eigenvalue weighted by atomic mass is 32.2. The van der Waals surface area contributed by atoms with Gasteiger partial charge in [-0.2, -0.15) is 17.5 Å². The van der Waals surface area contributed by atoms with E-state index < -0.39 is 27.8 Å². The summed E-state index contributed by atoms with van der Waals surface area (Å²) in [5.74, 6) is 0. The quantitative estimate of drug-likeness (QED) is 0.621. The van der Waals surface area contributed by atoms with Crippen LogP contribution < -0.4 is 0 Å². The lowest BCUT2D eigenvalue weighted by Gasteiger charge is -2.36. The van der Waals surface area contributed by atoms with E-state index in [0.29, 0.717) is 12.6 Å². The van der Waals surface area contributed by atoms with Gasteiger partial charge in [-0.1, -0.05) is 35.9 Å². The van der Waals surface area contributed by atoms with Crippen molar-refractivity contribution in [2.24, 2.45) is 0 Å². The van der Waals surface area contributed by atoms with Crippen LogP contribution in [-0.2, 0) is 22.7 Å². The van der Waals surface area contributed by atoms with Crippen LogP contribution in [-0.4, -0.2) is 23.8 Å². The van der Waals surface area contributed by atoms with Crippen LogP contribution >= 0.6 is 0 Å². The van der Waals surface area contributed by atoms with Gasteiger partial charge in [0.05, 0.1) is 16.5 Å². The molecular weight excluding hydrogens is 401 g/mol. The fourth-order valence-electron chi connectivity index (χ4n) is 3.68. The fourth-order valence-corrected chi connectivity index (χ4v) is 5.30. The summed E-state index contributed by atoms with van der Waals surface area (Å²) < 4.78 is 69.4. The van der Waals surface area contributed by atoms with Crippen molar-refractivity contribution < 1.29 is 21.6 Å². The molecule has 0 fully saturated rings. The zero-order valence-electron chi connectivity index (χ0n) is 15.6. The van der Waals surface area contributed by atoms with E-state index in [9.17, 15) is 21.6 Å². The van der Waals surface area contributed by atoms with Gasteiger partial charge in [0.1, 0.15) is 0 Å². The van der Waals surface area contributed by atoms with Gasteiger partial charge in [-0.15, -0.1) is 0 Å². The second kappa shape index (κ2) is 7.03. The molecule has 0 aliphatic carbocycles. The number of benzene rings is 2. The largest absolute Gasteiger partial charge is 0.416 e. The fraction of sp³-hybridized carbons (Fsp3) is 0.238. The lowest BCUT2D eigenvalue weighted by Crippen LogP contribution is -2.42. The summed E-state index contributed by atoms with van der Waals surface area (Å²) in [6.07, 6.45) is -2.73. The molecule has 0 spiro atoms. The van der Waals surface area contributed by atoms with E-state index in [2.05, 4.69) is 0 Å². The molecule has 1 aromatic heterocycles. The normalized spacial score (nSPS) is 17.9. The molecule has 0 radical (unpaired) electrons. The van der Waals surface area contributed by atoms with E-state index in [1.54, 1.807) is 0 Å². The number of aromatic nitrogens is 1. The van der Waals surface area contributed by atoms with E-state index >= 15 is 0 Å². The molecule has 3 aromatic rings. The van der Waals surface area contributed by atoms with Crippen molar-refractivity contribution in [3.63, 3.8) is 0 Å². The van der Waals surface area contributed by atoms with Gasteiger partial charge >= 0.3 is 6.18 Å². The van der Waals surface area contributed by atoms with Gasteiger partial charge in [0.15, 0.2) is 0 Å². The first-order valence-corrected chi connectivity index (χ1v) is 10.5. The predicted octanol–water partition coefficient (Wildman–Crippen LogP) is 4.61. The summed E-state index contributed by atoms with van der Waals surface area (Å²) in [4.78, 5) is -0.357. The van der Waals surface area contributed by atoms with Crippen LogP contribution in [0.4, 0.5) is 13.2 Å². The van der Waals surface area contributed by atoms with Crippen molar-refractivity contribution in [3.8, 4) is 0 Å². The van der Waals surface area contributed by atoms with Crippen LogP contribution in [0.2, 0.25) is 0 Å². The molecule has 8 heteroatoms. The van der Waals surface area contributed by atoms with Crippen molar-refractivity contribution in [2.45, 2.75) is 30.6 Å². The Bertz CT molecular complexity index is 1140. The molecule has 29 heavy (non-hydrogen) atoms. The number of alkyl halides is 3. The second-order valence-electron chi connectivity index (χ2n) is 7.08. The minimum absolute atomic E-state index is 0.165. The first-order valence-electron chi connectivity index (χ1n) is 9.08.